The predicted molar refractivity (Wildman–Crippen MR) is 71.7 cm³/mol. The summed E-state index contributed by atoms with van der Waals surface area (Å²) >= 11 is 1.59. The van der Waals surface area contributed by atoms with Gasteiger partial charge in [0.15, 0.2) is 0 Å². The lowest BCUT2D eigenvalue weighted by Crippen LogP contribution is -2.29. The Balaban J connectivity index is 2.88. The van der Waals surface area contributed by atoms with Crippen LogP contribution in [0.5, 0.6) is 0 Å². The lowest BCUT2D eigenvalue weighted by Gasteiger charge is -2.16. The standard InChI is InChI=1S/C11H18N2O2S2/c1-13(9-3-8-12)17(14,15)11-6-4-10(16-2)5-7-11/h4-7H,3,8-9,12H2,1-2H3. The van der Waals surface area contributed by atoms with Gasteiger partial charge in [-0.1, -0.05) is 0 Å². The highest BCUT2D eigenvalue weighted by atomic mass is 32.2. The maximum absolute atomic E-state index is 12.1. The minimum absolute atomic E-state index is 0.329. The monoisotopic (exact) mass is 274 g/mol. The minimum Gasteiger partial charge on any atom is -0.330 e. The van der Waals surface area contributed by atoms with E-state index in [0.717, 1.165) is 4.90 Å². The summed E-state index contributed by atoms with van der Waals surface area (Å²) < 4.78 is 25.6. The zero-order valence-corrected chi connectivity index (χ0v) is 11.7. The molecule has 0 aliphatic carbocycles. The van der Waals surface area contributed by atoms with E-state index >= 15 is 0 Å². The van der Waals surface area contributed by atoms with Gasteiger partial charge in [-0.15, -0.1) is 11.8 Å². The molecule has 6 heteroatoms. The van der Waals surface area contributed by atoms with Crippen LogP contribution in [0.4, 0.5) is 0 Å². The quantitative estimate of drug-likeness (QED) is 0.796. The van der Waals surface area contributed by atoms with Crippen molar-refractivity contribution in [3.8, 4) is 0 Å². The van der Waals surface area contributed by atoms with Crippen molar-refractivity contribution in [1.82, 2.24) is 4.31 Å². The van der Waals surface area contributed by atoms with E-state index in [2.05, 4.69) is 0 Å². The van der Waals surface area contributed by atoms with Crippen LogP contribution >= 0.6 is 11.8 Å². The second kappa shape index (κ2) is 6.39. The Morgan fingerprint density at radius 3 is 2.35 bits per heavy atom. The average molecular weight is 274 g/mol. The molecule has 0 bridgehead atoms. The van der Waals surface area contributed by atoms with E-state index in [4.69, 9.17) is 5.73 Å². The molecule has 0 aromatic heterocycles. The molecule has 2 N–H and O–H groups in total. The summed E-state index contributed by atoms with van der Waals surface area (Å²) in [5, 5.41) is 0. The Morgan fingerprint density at radius 2 is 1.88 bits per heavy atom. The zero-order chi connectivity index (χ0) is 12.9. The van der Waals surface area contributed by atoms with Gasteiger partial charge in [0.2, 0.25) is 10.0 Å². The Kier molecular flexibility index (Phi) is 5.45. The number of rotatable bonds is 6. The van der Waals surface area contributed by atoms with Crippen LogP contribution in [0.15, 0.2) is 34.1 Å². The molecule has 1 aromatic carbocycles. The molecule has 0 aliphatic heterocycles. The number of hydrogen-bond acceptors (Lipinski definition) is 4. The zero-order valence-electron chi connectivity index (χ0n) is 10.1. The smallest absolute Gasteiger partial charge is 0.242 e. The second-order valence-corrected chi connectivity index (χ2v) is 6.57. The number of benzene rings is 1. The molecule has 0 spiro atoms. The van der Waals surface area contributed by atoms with Crippen molar-refractivity contribution in [3.63, 3.8) is 0 Å². The fourth-order valence-corrected chi connectivity index (χ4v) is 2.98. The molecular formula is C11H18N2O2S2. The van der Waals surface area contributed by atoms with Gasteiger partial charge in [0.05, 0.1) is 4.90 Å². The molecule has 1 aromatic rings. The molecule has 0 radical (unpaired) electrons. The molecular weight excluding hydrogens is 256 g/mol. The van der Waals surface area contributed by atoms with Gasteiger partial charge in [-0.05, 0) is 43.5 Å². The average Bonchev–Trinajstić information content (AvgIpc) is 2.35. The normalized spacial score (nSPS) is 12.0. The van der Waals surface area contributed by atoms with Crippen molar-refractivity contribution < 1.29 is 8.42 Å². The van der Waals surface area contributed by atoms with Crippen molar-refractivity contribution in [2.24, 2.45) is 5.73 Å². The summed E-state index contributed by atoms with van der Waals surface area (Å²) in [7, 11) is -1.79. The molecule has 0 heterocycles. The lowest BCUT2D eigenvalue weighted by atomic mass is 10.4. The molecule has 0 saturated heterocycles. The molecule has 0 unspecified atom stereocenters. The third-order valence-electron chi connectivity index (χ3n) is 2.44. The number of sulfonamides is 1. The van der Waals surface area contributed by atoms with E-state index in [-0.39, 0.29) is 0 Å². The highest BCUT2D eigenvalue weighted by Crippen LogP contribution is 2.19. The van der Waals surface area contributed by atoms with E-state index in [1.165, 1.54) is 4.31 Å². The Morgan fingerprint density at radius 1 is 1.29 bits per heavy atom. The topological polar surface area (TPSA) is 63.4 Å². The highest BCUT2D eigenvalue weighted by Gasteiger charge is 2.19. The van der Waals surface area contributed by atoms with Gasteiger partial charge in [0.25, 0.3) is 0 Å². The fraction of sp³-hybridized carbons (Fsp3) is 0.455. The van der Waals surface area contributed by atoms with Gasteiger partial charge < -0.3 is 5.73 Å². The Bertz CT molecular complexity index is 443. The van der Waals surface area contributed by atoms with Crippen LogP contribution < -0.4 is 5.73 Å². The minimum atomic E-state index is -3.37. The van der Waals surface area contributed by atoms with Crippen molar-refractivity contribution in [2.45, 2.75) is 16.2 Å². The van der Waals surface area contributed by atoms with E-state index in [9.17, 15) is 8.42 Å². The first-order valence-corrected chi connectivity index (χ1v) is 7.99. The fourth-order valence-electron chi connectivity index (χ4n) is 1.36. The van der Waals surface area contributed by atoms with Gasteiger partial charge in [-0.2, -0.15) is 0 Å². The van der Waals surface area contributed by atoms with Crippen LogP contribution in [-0.2, 0) is 10.0 Å². The molecule has 0 fully saturated rings. The van der Waals surface area contributed by atoms with Crippen LogP contribution in [0, 0.1) is 0 Å². The van der Waals surface area contributed by atoms with Gasteiger partial charge in [-0.25, -0.2) is 12.7 Å². The van der Waals surface area contributed by atoms with Gasteiger partial charge >= 0.3 is 0 Å². The third kappa shape index (κ3) is 3.70. The first-order chi connectivity index (χ1) is 8.02. The van der Waals surface area contributed by atoms with E-state index in [0.29, 0.717) is 24.4 Å². The lowest BCUT2D eigenvalue weighted by molar-refractivity contribution is 0.463. The van der Waals surface area contributed by atoms with Crippen LogP contribution in [0.25, 0.3) is 0 Å². The van der Waals surface area contributed by atoms with Crippen LogP contribution in [0.2, 0.25) is 0 Å². The molecule has 0 amide bonds. The summed E-state index contributed by atoms with van der Waals surface area (Å²) in [6, 6.07) is 6.91. The second-order valence-electron chi connectivity index (χ2n) is 3.64. The van der Waals surface area contributed by atoms with Crippen LogP contribution in [-0.4, -0.2) is 39.1 Å². The summed E-state index contributed by atoms with van der Waals surface area (Å²) in [6.07, 6.45) is 2.62. The van der Waals surface area contributed by atoms with Crippen molar-refractivity contribution in [3.05, 3.63) is 24.3 Å². The van der Waals surface area contributed by atoms with E-state index in [1.807, 2.05) is 18.4 Å². The highest BCUT2D eigenvalue weighted by molar-refractivity contribution is 7.98. The molecule has 0 saturated carbocycles. The molecule has 96 valence electrons. The van der Waals surface area contributed by atoms with Gasteiger partial charge in [0.1, 0.15) is 0 Å². The molecule has 17 heavy (non-hydrogen) atoms. The molecule has 0 atom stereocenters. The van der Waals surface area contributed by atoms with Crippen molar-refractivity contribution in [2.75, 3.05) is 26.4 Å². The van der Waals surface area contributed by atoms with Crippen LogP contribution in [0.1, 0.15) is 6.42 Å². The third-order valence-corrected chi connectivity index (χ3v) is 5.06. The van der Waals surface area contributed by atoms with Crippen molar-refractivity contribution in [1.29, 1.82) is 0 Å². The molecule has 4 nitrogen and oxygen atoms in total. The molecule has 1 rings (SSSR count). The van der Waals surface area contributed by atoms with Crippen molar-refractivity contribution >= 4 is 21.8 Å². The summed E-state index contributed by atoms with van der Waals surface area (Å²) in [5.41, 5.74) is 5.37. The number of nitrogens with zero attached hydrogens (tertiary/aromatic N) is 1. The molecule has 0 aliphatic rings. The largest absolute Gasteiger partial charge is 0.330 e. The van der Waals surface area contributed by atoms with Crippen LogP contribution in [0.3, 0.4) is 0 Å². The van der Waals surface area contributed by atoms with Gasteiger partial charge in [-0.3, -0.25) is 0 Å². The first-order valence-electron chi connectivity index (χ1n) is 5.33. The Labute approximate surface area is 107 Å². The summed E-state index contributed by atoms with van der Waals surface area (Å²) in [4.78, 5) is 1.38. The Hall–Kier alpha value is -0.560. The van der Waals surface area contributed by atoms with E-state index < -0.39 is 10.0 Å². The number of thioether (sulfide) groups is 1. The summed E-state index contributed by atoms with van der Waals surface area (Å²) in [6.45, 7) is 0.939. The first kappa shape index (κ1) is 14.5. The predicted octanol–water partition coefficient (Wildman–Crippen LogP) is 1.38. The van der Waals surface area contributed by atoms with E-state index in [1.54, 1.807) is 30.9 Å². The number of nitrogens with two attached hydrogens (primary N) is 1. The number of hydrogen-bond donors (Lipinski definition) is 1. The maximum Gasteiger partial charge on any atom is 0.242 e. The van der Waals surface area contributed by atoms with Gasteiger partial charge in [0, 0.05) is 18.5 Å². The maximum atomic E-state index is 12.1. The SMILES string of the molecule is CSc1ccc(S(=O)(=O)N(C)CCCN)cc1. The summed E-state index contributed by atoms with van der Waals surface area (Å²) in [5.74, 6) is 0.